The second kappa shape index (κ2) is 5.75. The lowest BCUT2D eigenvalue weighted by molar-refractivity contribution is 0.0249. The first kappa shape index (κ1) is 14.1. The molecule has 0 aliphatic carbocycles. The molecular formula is C13H18ClN3O2. The molecule has 1 saturated heterocycles. The summed E-state index contributed by atoms with van der Waals surface area (Å²) in [5, 5.41) is 13.1. The number of nitrogens with zero attached hydrogens (tertiary/aromatic N) is 2. The van der Waals surface area contributed by atoms with E-state index in [1.165, 1.54) is 6.20 Å². The second-order valence-electron chi connectivity index (χ2n) is 4.88. The smallest absolute Gasteiger partial charge is 0.255 e. The highest BCUT2D eigenvalue weighted by atomic mass is 35.5. The Balaban J connectivity index is 2.20. The van der Waals surface area contributed by atoms with Crippen LogP contribution in [-0.2, 0) is 0 Å². The largest absolute Gasteiger partial charge is 0.391 e. The number of hydrogen-bond donors (Lipinski definition) is 2. The van der Waals surface area contributed by atoms with Crippen molar-refractivity contribution in [1.82, 2.24) is 9.88 Å². The van der Waals surface area contributed by atoms with E-state index in [-0.39, 0.29) is 11.8 Å². The molecule has 2 unspecified atom stereocenters. The minimum absolute atomic E-state index is 0.158. The van der Waals surface area contributed by atoms with Crippen molar-refractivity contribution in [3.05, 3.63) is 22.8 Å². The maximum atomic E-state index is 12.4. The first-order chi connectivity index (χ1) is 9.02. The standard InChI is InChI=1S/C13H18ClN3O2/c1-8-3-4-17(7-11(8)18)13(19)9-5-12(15-2)16-6-10(9)14/h5-6,8,11,18H,3-4,7H2,1-2H3,(H,15,16). The van der Waals surface area contributed by atoms with Crippen molar-refractivity contribution in [1.29, 1.82) is 0 Å². The molecule has 6 heteroatoms. The number of halogens is 1. The van der Waals surface area contributed by atoms with E-state index in [9.17, 15) is 9.90 Å². The Labute approximate surface area is 117 Å². The van der Waals surface area contributed by atoms with Gasteiger partial charge >= 0.3 is 0 Å². The van der Waals surface area contributed by atoms with Gasteiger partial charge in [0.2, 0.25) is 0 Å². The van der Waals surface area contributed by atoms with Gasteiger partial charge in [-0.3, -0.25) is 4.79 Å². The zero-order valence-corrected chi connectivity index (χ0v) is 11.8. The molecule has 1 aliphatic rings. The molecule has 2 heterocycles. The number of aliphatic hydroxyl groups is 1. The molecule has 0 radical (unpaired) electrons. The number of hydrogen-bond acceptors (Lipinski definition) is 4. The molecule has 0 spiro atoms. The summed E-state index contributed by atoms with van der Waals surface area (Å²) in [6, 6.07) is 1.63. The maximum absolute atomic E-state index is 12.4. The van der Waals surface area contributed by atoms with E-state index >= 15 is 0 Å². The van der Waals surface area contributed by atoms with Crippen molar-refractivity contribution in [2.24, 2.45) is 5.92 Å². The fourth-order valence-corrected chi connectivity index (χ4v) is 2.33. The molecule has 0 bridgehead atoms. The Hall–Kier alpha value is -1.33. The number of β-amino-alcohol motifs (C(OH)–C–C–N with tert-alkyl or cyclic N) is 1. The van der Waals surface area contributed by atoms with Crippen LogP contribution >= 0.6 is 11.6 Å². The van der Waals surface area contributed by atoms with Gasteiger partial charge in [0.05, 0.1) is 16.7 Å². The molecule has 19 heavy (non-hydrogen) atoms. The van der Waals surface area contributed by atoms with Gasteiger partial charge in [-0.15, -0.1) is 0 Å². The van der Waals surface area contributed by atoms with Crippen LogP contribution in [0.4, 0.5) is 5.82 Å². The minimum atomic E-state index is -0.470. The van der Waals surface area contributed by atoms with Gasteiger partial charge in [-0.2, -0.15) is 0 Å². The van der Waals surface area contributed by atoms with E-state index in [4.69, 9.17) is 11.6 Å². The normalized spacial score (nSPS) is 23.3. The minimum Gasteiger partial charge on any atom is -0.391 e. The van der Waals surface area contributed by atoms with Crippen LogP contribution in [0.2, 0.25) is 5.02 Å². The van der Waals surface area contributed by atoms with E-state index < -0.39 is 6.10 Å². The number of carbonyl (C=O) groups is 1. The van der Waals surface area contributed by atoms with Gasteiger partial charge in [0.1, 0.15) is 5.82 Å². The zero-order valence-electron chi connectivity index (χ0n) is 11.1. The summed E-state index contributed by atoms with van der Waals surface area (Å²) < 4.78 is 0. The fraction of sp³-hybridized carbons (Fsp3) is 0.538. The molecular weight excluding hydrogens is 266 g/mol. The average Bonchev–Trinajstić information content (AvgIpc) is 2.41. The van der Waals surface area contributed by atoms with Crippen molar-refractivity contribution < 1.29 is 9.90 Å². The average molecular weight is 284 g/mol. The van der Waals surface area contributed by atoms with Gasteiger partial charge in [-0.05, 0) is 18.4 Å². The first-order valence-electron chi connectivity index (χ1n) is 6.33. The number of rotatable bonds is 2. The lowest BCUT2D eigenvalue weighted by Gasteiger charge is -2.34. The van der Waals surface area contributed by atoms with Gasteiger partial charge in [-0.1, -0.05) is 18.5 Å². The van der Waals surface area contributed by atoms with Gasteiger partial charge < -0.3 is 15.3 Å². The van der Waals surface area contributed by atoms with Gasteiger partial charge in [-0.25, -0.2) is 4.98 Å². The number of likely N-dealkylation sites (tertiary alicyclic amines) is 1. The number of anilines is 1. The molecule has 2 N–H and O–H groups in total. The summed E-state index contributed by atoms with van der Waals surface area (Å²) in [4.78, 5) is 18.1. The molecule has 1 aromatic heterocycles. The molecule has 5 nitrogen and oxygen atoms in total. The number of aromatic nitrogens is 1. The van der Waals surface area contributed by atoms with Gasteiger partial charge in [0.25, 0.3) is 5.91 Å². The second-order valence-corrected chi connectivity index (χ2v) is 5.29. The Morgan fingerprint density at radius 3 is 3.00 bits per heavy atom. The predicted octanol–water partition coefficient (Wildman–Crippen LogP) is 1.62. The first-order valence-corrected chi connectivity index (χ1v) is 6.71. The lowest BCUT2D eigenvalue weighted by atomic mass is 9.95. The molecule has 0 saturated carbocycles. The summed E-state index contributed by atoms with van der Waals surface area (Å²) in [6.45, 7) is 2.99. The molecule has 1 aliphatic heterocycles. The van der Waals surface area contributed by atoms with Crippen molar-refractivity contribution in [3.63, 3.8) is 0 Å². The summed E-state index contributed by atoms with van der Waals surface area (Å²) in [5.74, 6) is 0.665. The van der Waals surface area contributed by atoms with E-state index in [1.54, 1.807) is 18.0 Å². The Morgan fingerprint density at radius 1 is 1.63 bits per heavy atom. The molecule has 1 aromatic rings. The maximum Gasteiger partial charge on any atom is 0.255 e. The van der Waals surface area contributed by atoms with E-state index in [2.05, 4.69) is 10.3 Å². The van der Waals surface area contributed by atoms with Crippen LogP contribution in [0.15, 0.2) is 12.3 Å². The van der Waals surface area contributed by atoms with Crippen LogP contribution < -0.4 is 5.32 Å². The summed E-state index contributed by atoms with van der Waals surface area (Å²) in [7, 11) is 1.73. The molecule has 1 fully saturated rings. The number of pyridine rings is 1. The Kier molecular flexibility index (Phi) is 4.27. The van der Waals surface area contributed by atoms with Gasteiger partial charge in [0.15, 0.2) is 0 Å². The summed E-state index contributed by atoms with van der Waals surface area (Å²) in [6.07, 6.45) is 1.79. The SMILES string of the molecule is CNc1cc(C(=O)N2CCC(C)C(O)C2)c(Cl)cn1. The summed E-state index contributed by atoms with van der Waals surface area (Å²) in [5.41, 5.74) is 0.419. The van der Waals surface area contributed by atoms with Crippen molar-refractivity contribution in [3.8, 4) is 0 Å². The van der Waals surface area contributed by atoms with Crippen molar-refractivity contribution in [2.75, 3.05) is 25.5 Å². The van der Waals surface area contributed by atoms with Crippen LogP contribution in [0, 0.1) is 5.92 Å². The monoisotopic (exact) mass is 283 g/mol. The van der Waals surface area contributed by atoms with Crippen LogP contribution in [0.1, 0.15) is 23.7 Å². The van der Waals surface area contributed by atoms with Gasteiger partial charge in [0, 0.05) is 26.3 Å². The van der Waals surface area contributed by atoms with E-state index in [0.717, 1.165) is 6.42 Å². The number of carbonyl (C=O) groups excluding carboxylic acids is 1. The third kappa shape index (κ3) is 2.98. The van der Waals surface area contributed by atoms with Crippen molar-refractivity contribution >= 4 is 23.3 Å². The third-order valence-electron chi connectivity index (χ3n) is 3.55. The quantitative estimate of drug-likeness (QED) is 0.866. The number of nitrogens with one attached hydrogen (secondary N) is 1. The molecule has 1 amide bonds. The highest BCUT2D eigenvalue weighted by Crippen LogP contribution is 2.23. The molecule has 104 valence electrons. The topological polar surface area (TPSA) is 65.5 Å². The fourth-order valence-electron chi connectivity index (χ4n) is 2.14. The number of piperidine rings is 1. The lowest BCUT2D eigenvalue weighted by Crippen LogP contribution is -2.45. The van der Waals surface area contributed by atoms with E-state index in [0.29, 0.717) is 29.5 Å². The summed E-state index contributed by atoms with van der Waals surface area (Å²) >= 11 is 6.03. The highest BCUT2D eigenvalue weighted by Gasteiger charge is 2.28. The molecule has 2 rings (SSSR count). The Bertz CT molecular complexity index is 481. The highest BCUT2D eigenvalue weighted by molar-refractivity contribution is 6.33. The number of aliphatic hydroxyl groups excluding tert-OH is 1. The zero-order chi connectivity index (χ0) is 14.0. The predicted molar refractivity (Wildman–Crippen MR) is 74.5 cm³/mol. The number of amides is 1. The van der Waals surface area contributed by atoms with Crippen LogP contribution in [0.5, 0.6) is 0 Å². The third-order valence-corrected chi connectivity index (χ3v) is 3.85. The molecule has 2 atom stereocenters. The van der Waals surface area contributed by atoms with Crippen LogP contribution in [0.25, 0.3) is 0 Å². The van der Waals surface area contributed by atoms with Crippen molar-refractivity contribution in [2.45, 2.75) is 19.4 Å². The van der Waals surface area contributed by atoms with E-state index in [1.807, 2.05) is 6.92 Å². The Morgan fingerprint density at radius 2 is 2.37 bits per heavy atom. The van der Waals surface area contributed by atoms with Crippen LogP contribution in [-0.4, -0.2) is 47.1 Å². The molecule has 0 aromatic carbocycles. The van der Waals surface area contributed by atoms with Crippen LogP contribution in [0.3, 0.4) is 0 Å².